The Hall–Kier alpha value is -2.14. The van der Waals surface area contributed by atoms with Gasteiger partial charge in [0.15, 0.2) is 5.54 Å². The lowest BCUT2D eigenvalue weighted by molar-refractivity contribution is -0.125. The number of ether oxygens (including phenoxy) is 1. The van der Waals surface area contributed by atoms with E-state index >= 15 is 0 Å². The number of amides is 1. The number of rotatable bonds is 8. The second-order valence-corrected chi connectivity index (χ2v) is 12.4. The van der Waals surface area contributed by atoms with Crippen molar-refractivity contribution in [2.75, 3.05) is 44.4 Å². The van der Waals surface area contributed by atoms with Crippen molar-refractivity contribution in [3.8, 4) is 0 Å². The van der Waals surface area contributed by atoms with Gasteiger partial charge in [-0.1, -0.05) is 42.0 Å². The quantitative estimate of drug-likeness (QED) is 0.334. The summed E-state index contributed by atoms with van der Waals surface area (Å²) in [5.74, 6) is -0.229. The third kappa shape index (κ3) is 5.59. The fourth-order valence-corrected chi connectivity index (χ4v) is 7.11. The SMILES string of the molecule is Cc1ccc(C2=NN(c3ccc(P)cc3P)C(C)(C(=O)NCCCN3CCOCC3)C2c2cccs2)cc1. The maximum atomic E-state index is 14.3. The predicted molar refractivity (Wildman–Crippen MR) is 166 cm³/mol. The number of hydrazone groups is 1. The maximum Gasteiger partial charge on any atom is 0.248 e. The molecule has 1 N–H and O–H groups in total. The van der Waals surface area contributed by atoms with Gasteiger partial charge in [-0.3, -0.25) is 9.69 Å². The number of carbonyl (C=O) groups excluding carboxylic acids is 1. The molecule has 0 saturated carbocycles. The van der Waals surface area contributed by atoms with Crippen molar-refractivity contribution < 1.29 is 9.53 Å². The number of anilines is 1. The summed E-state index contributed by atoms with van der Waals surface area (Å²) in [6.45, 7) is 9.18. The van der Waals surface area contributed by atoms with Gasteiger partial charge in [-0.2, -0.15) is 5.10 Å². The summed E-state index contributed by atoms with van der Waals surface area (Å²) in [7, 11) is 5.57. The van der Waals surface area contributed by atoms with Crippen LogP contribution in [0.3, 0.4) is 0 Å². The Morgan fingerprint density at radius 3 is 2.61 bits per heavy atom. The highest BCUT2D eigenvalue weighted by atomic mass is 32.1. The Balaban J connectivity index is 1.50. The number of nitrogens with zero attached hydrogens (tertiary/aromatic N) is 3. The lowest BCUT2D eigenvalue weighted by Gasteiger charge is -2.38. The van der Waals surface area contributed by atoms with Crippen LogP contribution in [0.4, 0.5) is 5.69 Å². The molecule has 1 saturated heterocycles. The van der Waals surface area contributed by atoms with Crippen LogP contribution in [-0.2, 0) is 9.53 Å². The van der Waals surface area contributed by atoms with Crippen molar-refractivity contribution in [1.82, 2.24) is 10.2 Å². The van der Waals surface area contributed by atoms with E-state index in [9.17, 15) is 4.79 Å². The molecule has 9 heteroatoms. The summed E-state index contributed by atoms with van der Waals surface area (Å²) in [5, 5.41) is 14.6. The lowest BCUT2D eigenvalue weighted by atomic mass is 9.78. The Labute approximate surface area is 234 Å². The van der Waals surface area contributed by atoms with E-state index in [0.717, 1.165) is 71.7 Å². The zero-order chi connectivity index (χ0) is 26.7. The summed E-state index contributed by atoms with van der Waals surface area (Å²) >= 11 is 1.68. The monoisotopic (exact) mass is 566 g/mol. The topological polar surface area (TPSA) is 57.2 Å². The second kappa shape index (κ2) is 11.9. The van der Waals surface area contributed by atoms with Gasteiger partial charge in [0.05, 0.1) is 30.5 Å². The molecule has 2 aliphatic rings. The summed E-state index contributed by atoms with van der Waals surface area (Å²) in [6.07, 6.45) is 0.897. The molecule has 3 heterocycles. The number of nitrogens with one attached hydrogen (secondary N) is 1. The summed E-state index contributed by atoms with van der Waals surface area (Å²) in [5.41, 5.74) is 3.11. The molecule has 2 aliphatic heterocycles. The largest absolute Gasteiger partial charge is 0.379 e. The van der Waals surface area contributed by atoms with Crippen LogP contribution in [0.15, 0.2) is 65.1 Å². The first kappa shape index (κ1) is 27.4. The standard InChI is InChI=1S/C29H36N4O2P2S/c1-20-6-8-21(9-7-20)27-26(25-5-3-18-38-25)29(2,33(31-27)23-11-10-22(36)19-24(23)37)28(34)30-12-4-13-32-14-16-35-17-15-32/h3,5-11,18-19,26H,4,12-17,36-37H2,1-2H3,(H,30,34). The zero-order valence-electron chi connectivity index (χ0n) is 22.0. The van der Waals surface area contributed by atoms with E-state index in [4.69, 9.17) is 9.84 Å². The van der Waals surface area contributed by atoms with Crippen LogP contribution >= 0.6 is 29.8 Å². The Morgan fingerprint density at radius 2 is 1.92 bits per heavy atom. The van der Waals surface area contributed by atoms with Crippen LogP contribution in [-0.4, -0.2) is 61.5 Å². The van der Waals surface area contributed by atoms with E-state index in [1.807, 2.05) is 18.0 Å². The van der Waals surface area contributed by atoms with Crippen molar-refractivity contribution in [3.05, 3.63) is 76.0 Å². The van der Waals surface area contributed by atoms with Gasteiger partial charge >= 0.3 is 0 Å². The fourth-order valence-electron chi connectivity index (χ4n) is 5.28. The molecule has 38 heavy (non-hydrogen) atoms. The van der Waals surface area contributed by atoms with Crippen molar-refractivity contribution in [1.29, 1.82) is 0 Å². The van der Waals surface area contributed by atoms with E-state index in [-0.39, 0.29) is 11.8 Å². The van der Waals surface area contributed by atoms with Crippen molar-refractivity contribution >= 4 is 57.7 Å². The summed E-state index contributed by atoms with van der Waals surface area (Å²) < 4.78 is 5.46. The predicted octanol–water partition coefficient (Wildman–Crippen LogP) is 3.66. The zero-order valence-corrected chi connectivity index (χ0v) is 25.1. The molecule has 1 amide bonds. The normalized spacial score (nSPS) is 21.9. The van der Waals surface area contributed by atoms with E-state index in [0.29, 0.717) is 6.54 Å². The minimum Gasteiger partial charge on any atom is -0.379 e. The van der Waals surface area contributed by atoms with Gasteiger partial charge in [0.1, 0.15) is 0 Å². The Kier molecular flexibility index (Phi) is 8.62. The van der Waals surface area contributed by atoms with E-state index in [1.165, 1.54) is 5.56 Å². The van der Waals surface area contributed by atoms with Gasteiger partial charge in [0.25, 0.3) is 0 Å². The molecule has 6 nitrogen and oxygen atoms in total. The summed E-state index contributed by atoms with van der Waals surface area (Å²) in [4.78, 5) is 17.8. The third-order valence-corrected chi connectivity index (χ3v) is 9.20. The highest BCUT2D eigenvalue weighted by molar-refractivity contribution is 7.29. The average Bonchev–Trinajstić information content (AvgIpc) is 3.54. The van der Waals surface area contributed by atoms with Gasteiger partial charge in [-0.05, 0) is 66.6 Å². The molecule has 4 unspecified atom stereocenters. The van der Waals surface area contributed by atoms with Crippen LogP contribution in [0.5, 0.6) is 0 Å². The number of thiophene rings is 1. The molecule has 200 valence electrons. The smallest absolute Gasteiger partial charge is 0.248 e. The van der Waals surface area contributed by atoms with Crippen LogP contribution in [0.25, 0.3) is 0 Å². The molecule has 0 spiro atoms. The van der Waals surface area contributed by atoms with Crippen LogP contribution in [0.1, 0.15) is 35.3 Å². The molecule has 1 fully saturated rings. The van der Waals surface area contributed by atoms with Gasteiger partial charge in [0, 0.05) is 24.5 Å². The Bertz CT molecular complexity index is 1290. The molecular weight excluding hydrogens is 530 g/mol. The molecule has 2 aromatic carbocycles. The van der Waals surface area contributed by atoms with E-state index < -0.39 is 5.54 Å². The highest BCUT2D eigenvalue weighted by Crippen LogP contribution is 2.46. The number of benzene rings is 2. The van der Waals surface area contributed by atoms with Crippen molar-refractivity contribution in [2.24, 2.45) is 5.10 Å². The first-order chi connectivity index (χ1) is 18.4. The molecule has 3 aromatic rings. The fraction of sp³-hybridized carbons (Fsp3) is 0.379. The number of hydrogen-bond donors (Lipinski definition) is 1. The van der Waals surface area contributed by atoms with Crippen LogP contribution in [0, 0.1) is 6.92 Å². The van der Waals surface area contributed by atoms with Crippen LogP contribution in [0.2, 0.25) is 0 Å². The van der Waals surface area contributed by atoms with Gasteiger partial charge in [-0.15, -0.1) is 29.8 Å². The first-order valence-electron chi connectivity index (χ1n) is 13.1. The van der Waals surface area contributed by atoms with E-state index in [1.54, 1.807) is 11.3 Å². The average molecular weight is 567 g/mol. The third-order valence-electron chi connectivity index (χ3n) is 7.44. The molecule has 0 radical (unpaired) electrons. The van der Waals surface area contributed by atoms with Gasteiger partial charge in [0.2, 0.25) is 5.91 Å². The van der Waals surface area contributed by atoms with Crippen molar-refractivity contribution in [2.45, 2.75) is 31.7 Å². The second-order valence-electron chi connectivity index (χ2n) is 10.1. The molecule has 1 aromatic heterocycles. The minimum absolute atomic E-state index is 0.0110. The molecular formula is C29H36N4O2P2S. The molecule has 0 aliphatic carbocycles. The van der Waals surface area contributed by atoms with Crippen molar-refractivity contribution in [3.63, 3.8) is 0 Å². The number of aryl methyl sites for hydroxylation is 1. The lowest BCUT2D eigenvalue weighted by Crippen LogP contribution is -2.57. The Morgan fingerprint density at radius 1 is 1.16 bits per heavy atom. The van der Waals surface area contributed by atoms with E-state index in [2.05, 4.69) is 89.5 Å². The molecule has 5 rings (SSSR count). The summed E-state index contributed by atoms with van der Waals surface area (Å²) in [6, 6.07) is 18.8. The maximum absolute atomic E-state index is 14.3. The van der Waals surface area contributed by atoms with Gasteiger partial charge in [-0.25, -0.2) is 5.01 Å². The van der Waals surface area contributed by atoms with Gasteiger partial charge < -0.3 is 10.1 Å². The first-order valence-corrected chi connectivity index (χ1v) is 15.1. The number of carbonyl (C=O) groups is 1. The molecule has 4 atom stereocenters. The number of morpholine rings is 1. The highest BCUT2D eigenvalue weighted by Gasteiger charge is 2.55. The number of hydrogen-bond acceptors (Lipinski definition) is 6. The minimum atomic E-state index is -0.947. The van der Waals surface area contributed by atoms with Crippen LogP contribution < -0.4 is 20.9 Å². The molecule has 0 bridgehead atoms.